The van der Waals surface area contributed by atoms with Gasteiger partial charge in [-0.05, 0) is 30.2 Å². The number of aliphatic carboxylic acids is 1. The molecule has 160 valence electrons. The number of aromatic nitrogens is 3. The second-order valence-corrected chi connectivity index (χ2v) is 7.36. The van der Waals surface area contributed by atoms with Crippen molar-refractivity contribution in [2.24, 2.45) is 0 Å². The van der Waals surface area contributed by atoms with Crippen LogP contribution in [0.3, 0.4) is 0 Å². The summed E-state index contributed by atoms with van der Waals surface area (Å²) in [5, 5.41) is 15.5. The van der Waals surface area contributed by atoms with Crippen LogP contribution < -0.4 is 10.6 Å². The molecule has 4 rings (SSSR count). The van der Waals surface area contributed by atoms with Crippen LogP contribution in [0.5, 0.6) is 0 Å². The summed E-state index contributed by atoms with van der Waals surface area (Å²) in [6.07, 6.45) is 3.42. The van der Waals surface area contributed by atoms with E-state index in [2.05, 4.69) is 44.6 Å². The van der Waals surface area contributed by atoms with E-state index in [0.717, 1.165) is 28.3 Å². The van der Waals surface area contributed by atoms with Gasteiger partial charge in [0.2, 0.25) is 5.95 Å². The van der Waals surface area contributed by atoms with Crippen molar-refractivity contribution in [1.29, 1.82) is 0 Å². The lowest BCUT2D eigenvalue weighted by molar-refractivity contribution is -0.136. The first-order valence-corrected chi connectivity index (χ1v) is 10.3. The highest BCUT2D eigenvalue weighted by atomic mass is 16.4. The van der Waals surface area contributed by atoms with E-state index in [9.17, 15) is 4.79 Å². The molecular weight excluding hydrogens is 402 g/mol. The first kappa shape index (κ1) is 21.0. The van der Waals surface area contributed by atoms with Crippen molar-refractivity contribution in [1.82, 2.24) is 15.0 Å². The van der Waals surface area contributed by atoms with Gasteiger partial charge in [-0.1, -0.05) is 54.6 Å². The number of hydrogen-bond acceptors (Lipinski definition) is 6. The summed E-state index contributed by atoms with van der Waals surface area (Å²) in [6.45, 7) is 2.09. The third-order valence-corrected chi connectivity index (χ3v) is 4.94. The van der Waals surface area contributed by atoms with Crippen molar-refractivity contribution >= 4 is 23.4 Å². The van der Waals surface area contributed by atoms with Gasteiger partial charge >= 0.3 is 5.97 Å². The van der Waals surface area contributed by atoms with Crippen molar-refractivity contribution in [2.45, 2.75) is 19.4 Å². The molecule has 32 heavy (non-hydrogen) atoms. The van der Waals surface area contributed by atoms with E-state index in [1.165, 1.54) is 5.56 Å². The lowest BCUT2D eigenvalue weighted by Gasteiger charge is -2.15. The zero-order chi connectivity index (χ0) is 22.3. The number of benzene rings is 2. The first-order valence-electron chi connectivity index (χ1n) is 10.3. The number of carbonyl (C=O) groups is 1. The van der Waals surface area contributed by atoms with Gasteiger partial charge in [-0.3, -0.25) is 4.79 Å². The summed E-state index contributed by atoms with van der Waals surface area (Å²) in [6, 6.07) is 23.2. The lowest BCUT2D eigenvalue weighted by Crippen LogP contribution is -2.08. The predicted octanol–water partition coefficient (Wildman–Crippen LogP) is 5.08. The molecule has 0 aliphatic carbocycles. The number of anilines is 3. The van der Waals surface area contributed by atoms with Gasteiger partial charge in [0.25, 0.3) is 0 Å². The highest BCUT2D eigenvalue weighted by Gasteiger charge is 2.08. The van der Waals surface area contributed by atoms with Gasteiger partial charge in [-0.25, -0.2) is 15.0 Å². The minimum absolute atomic E-state index is 0.00182. The molecule has 0 bridgehead atoms. The molecule has 0 aliphatic rings. The zero-order valence-electron chi connectivity index (χ0n) is 17.6. The van der Waals surface area contributed by atoms with Crippen LogP contribution in [0.25, 0.3) is 11.3 Å². The quantitative estimate of drug-likeness (QED) is 0.362. The molecule has 0 unspecified atom stereocenters. The Labute approximate surface area is 186 Å². The van der Waals surface area contributed by atoms with Gasteiger partial charge in [0, 0.05) is 35.8 Å². The molecule has 7 nitrogen and oxygen atoms in total. The van der Waals surface area contributed by atoms with Crippen LogP contribution in [0, 0.1) is 0 Å². The summed E-state index contributed by atoms with van der Waals surface area (Å²) in [5.74, 6) is 0.359. The van der Waals surface area contributed by atoms with E-state index in [1.54, 1.807) is 24.5 Å². The Bertz CT molecular complexity index is 1200. The highest BCUT2D eigenvalue weighted by molar-refractivity contribution is 5.71. The fourth-order valence-corrected chi connectivity index (χ4v) is 3.31. The van der Waals surface area contributed by atoms with Crippen molar-refractivity contribution in [3.05, 3.63) is 96.3 Å². The van der Waals surface area contributed by atoms with E-state index in [0.29, 0.717) is 5.95 Å². The monoisotopic (exact) mass is 425 g/mol. The molecule has 0 amide bonds. The number of nitrogens with zero attached hydrogens (tertiary/aromatic N) is 3. The third-order valence-electron chi connectivity index (χ3n) is 4.94. The second-order valence-electron chi connectivity index (χ2n) is 7.36. The van der Waals surface area contributed by atoms with Crippen LogP contribution in [0.15, 0.2) is 85.2 Å². The standard InChI is InChI=1S/C25H23N5O2/c1-17(19-5-3-2-4-6-19)28-23-16-21(11-13-26-23)29-25-27-14-12-22(30-25)20-9-7-18(8-10-20)15-24(31)32/h2-14,16-17H,15H2,1H3,(H,31,32)(H2,26,27,28,29,30)/t17-/m0/s1. The van der Waals surface area contributed by atoms with Crippen molar-refractivity contribution in [3.63, 3.8) is 0 Å². The molecule has 2 aromatic carbocycles. The SMILES string of the molecule is C[C@H](Nc1cc(Nc2nccc(-c3ccc(CC(=O)O)cc3)n2)ccn1)c1ccccc1. The van der Waals surface area contributed by atoms with Crippen LogP contribution in [-0.2, 0) is 11.2 Å². The molecule has 0 radical (unpaired) electrons. The molecule has 0 spiro atoms. The van der Waals surface area contributed by atoms with Gasteiger partial charge in [0.05, 0.1) is 12.1 Å². The largest absolute Gasteiger partial charge is 0.481 e. The first-order chi connectivity index (χ1) is 15.6. The number of carboxylic acids is 1. The van der Waals surface area contributed by atoms with Gasteiger partial charge in [0.15, 0.2) is 0 Å². The molecule has 0 saturated carbocycles. The summed E-state index contributed by atoms with van der Waals surface area (Å²) in [7, 11) is 0. The number of nitrogens with one attached hydrogen (secondary N) is 2. The average molecular weight is 425 g/mol. The smallest absolute Gasteiger partial charge is 0.307 e. The molecule has 0 fully saturated rings. The number of carboxylic acid groups (broad SMARTS) is 1. The van der Waals surface area contributed by atoms with E-state index < -0.39 is 5.97 Å². The molecule has 0 aliphatic heterocycles. The Hall–Kier alpha value is -4.26. The fraction of sp³-hybridized carbons (Fsp3) is 0.120. The van der Waals surface area contributed by atoms with Crippen LogP contribution in [0.1, 0.15) is 24.1 Å². The second kappa shape index (κ2) is 9.70. The van der Waals surface area contributed by atoms with E-state index in [-0.39, 0.29) is 12.5 Å². The molecule has 1 atom stereocenters. The molecule has 3 N–H and O–H groups in total. The summed E-state index contributed by atoms with van der Waals surface area (Å²) < 4.78 is 0. The Morgan fingerprint density at radius 3 is 2.47 bits per heavy atom. The Balaban J connectivity index is 1.47. The highest BCUT2D eigenvalue weighted by Crippen LogP contribution is 2.23. The zero-order valence-corrected chi connectivity index (χ0v) is 17.6. The molecule has 4 aromatic rings. The molecule has 2 heterocycles. The van der Waals surface area contributed by atoms with Crippen LogP contribution in [0.2, 0.25) is 0 Å². The third kappa shape index (κ3) is 5.46. The van der Waals surface area contributed by atoms with Crippen LogP contribution >= 0.6 is 0 Å². The van der Waals surface area contributed by atoms with Crippen molar-refractivity contribution in [2.75, 3.05) is 10.6 Å². The van der Waals surface area contributed by atoms with Gasteiger partial charge < -0.3 is 15.7 Å². The van der Waals surface area contributed by atoms with Crippen LogP contribution in [-0.4, -0.2) is 26.0 Å². The Kier molecular flexibility index (Phi) is 6.36. The summed E-state index contributed by atoms with van der Waals surface area (Å²) in [4.78, 5) is 24.2. The molecule has 7 heteroatoms. The maximum Gasteiger partial charge on any atom is 0.307 e. The van der Waals surface area contributed by atoms with E-state index in [4.69, 9.17) is 5.11 Å². The fourth-order valence-electron chi connectivity index (χ4n) is 3.31. The number of pyridine rings is 1. The van der Waals surface area contributed by atoms with Crippen LogP contribution in [0.4, 0.5) is 17.5 Å². The van der Waals surface area contributed by atoms with Gasteiger partial charge in [0.1, 0.15) is 5.82 Å². The van der Waals surface area contributed by atoms with Gasteiger partial charge in [-0.15, -0.1) is 0 Å². The van der Waals surface area contributed by atoms with E-state index >= 15 is 0 Å². The predicted molar refractivity (Wildman–Crippen MR) is 125 cm³/mol. The number of rotatable bonds is 8. The minimum atomic E-state index is -0.851. The molecular formula is C25H23N5O2. The topological polar surface area (TPSA) is 100 Å². The number of hydrogen-bond donors (Lipinski definition) is 3. The van der Waals surface area contributed by atoms with E-state index in [1.807, 2.05) is 48.5 Å². The lowest BCUT2D eigenvalue weighted by atomic mass is 10.1. The summed E-state index contributed by atoms with van der Waals surface area (Å²) >= 11 is 0. The van der Waals surface area contributed by atoms with Gasteiger partial charge in [-0.2, -0.15) is 0 Å². The maximum atomic E-state index is 10.9. The Morgan fingerprint density at radius 2 is 1.72 bits per heavy atom. The average Bonchev–Trinajstić information content (AvgIpc) is 2.80. The maximum absolute atomic E-state index is 10.9. The molecule has 0 saturated heterocycles. The summed E-state index contributed by atoms with van der Waals surface area (Å²) in [5.41, 5.74) is 4.37. The van der Waals surface area contributed by atoms with Crippen molar-refractivity contribution < 1.29 is 9.90 Å². The Morgan fingerprint density at radius 1 is 0.969 bits per heavy atom. The minimum Gasteiger partial charge on any atom is -0.481 e. The molecule has 2 aromatic heterocycles. The van der Waals surface area contributed by atoms with Crippen molar-refractivity contribution in [3.8, 4) is 11.3 Å². The normalized spacial score (nSPS) is 11.5.